The number of carboxylic acids is 1. The van der Waals surface area contributed by atoms with E-state index in [2.05, 4.69) is 5.32 Å². The molecule has 0 heterocycles. The Kier molecular flexibility index (Phi) is 4.09. The van der Waals surface area contributed by atoms with Crippen LogP contribution in [0.15, 0.2) is 48.5 Å². The van der Waals surface area contributed by atoms with Crippen molar-refractivity contribution in [3.8, 4) is 0 Å². The van der Waals surface area contributed by atoms with Gasteiger partial charge >= 0.3 is 12.1 Å². The number of nitrogens with one attached hydrogen (secondary N) is 1. The van der Waals surface area contributed by atoms with Gasteiger partial charge in [-0.3, -0.25) is 0 Å². The molecule has 0 aliphatic heterocycles. The second-order valence-corrected chi connectivity index (χ2v) is 6.02. The molecule has 0 amide bonds. The van der Waals surface area contributed by atoms with Gasteiger partial charge in [-0.25, -0.2) is 4.79 Å². The highest BCUT2D eigenvalue weighted by atomic mass is 19.4. The minimum absolute atomic E-state index is 0.193. The standard InChI is InChI=1S/C18H16F3NO2/c19-18(20,21)15-6-2-5-14(10-15)17(7-8-17)22-11-12-3-1-4-13(9-12)16(23)24/h1-6,9-10,22H,7-8,11H2,(H,23,24). The number of halogens is 3. The summed E-state index contributed by atoms with van der Waals surface area (Å²) in [7, 11) is 0. The number of hydrogen-bond acceptors (Lipinski definition) is 2. The van der Waals surface area contributed by atoms with Crippen LogP contribution in [0, 0.1) is 0 Å². The van der Waals surface area contributed by atoms with Gasteiger partial charge in [-0.2, -0.15) is 13.2 Å². The molecule has 24 heavy (non-hydrogen) atoms. The first-order chi connectivity index (χ1) is 11.3. The molecule has 0 bridgehead atoms. The van der Waals surface area contributed by atoms with Gasteiger partial charge in [0.25, 0.3) is 0 Å². The fraction of sp³-hybridized carbons (Fsp3) is 0.278. The number of carbonyl (C=O) groups is 1. The second kappa shape index (κ2) is 5.94. The Balaban J connectivity index is 1.76. The normalized spacial score (nSPS) is 16.0. The quantitative estimate of drug-likeness (QED) is 0.862. The molecule has 126 valence electrons. The van der Waals surface area contributed by atoms with Crippen molar-refractivity contribution in [2.75, 3.05) is 0 Å². The molecule has 0 atom stereocenters. The van der Waals surface area contributed by atoms with Crippen LogP contribution >= 0.6 is 0 Å². The molecule has 0 unspecified atom stereocenters. The van der Waals surface area contributed by atoms with Crippen molar-refractivity contribution in [1.29, 1.82) is 0 Å². The van der Waals surface area contributed by atoms with Gasteiger partial charge in [0.1, 0.15) is 0 Å². The van der Waals surface area contributed by atoms with Crippen LogP contribution < -0.4 is 5.32 Å². The minimum atomic E-state index is -4.36. The lowest BCUT2D eigenvalue weighted by molar-refractivity contribution is -0.137. The molecule has 1 fully saturated rings. The molecule has 1 aliphatic rings. The predicted molar refractivity (Wildman–Crippen MR) is 82.6 cm³/mol. The molecule has 0 aromatic heterocycles. The van der Waals surface area contributed by atoms with Crippen molar-refractivity contribution in [2.45, 2.75) is 31.1 Å². The number of carboxylic acid groups (broad SMARTS) is 1. The van der Waals surface area contributed by atoms with Gasteiger partial charge in [0.15, 0.2) is 0 Å². The van der Waals surface area contributed by atoms with Gasteiger partial charge in [-0.15, -0.1) is 0 Å². The van der Waals surface area contributed by atoms with Crippen LogP contribution in [0.3, 0.4) is 0 Å². The highest BCUT2D eigenvalue weighted by molar-refractivity contribution is 5.87. The fourth-order valence-electron chi connectivity index (χ4n) is 2.77. The average molecular weight is 335 g/mol. The lowest BCUT2D eigenvalue weighted by atomic mass is 10.0. The third-order valence-electron chi connectivity index (χ3n) is 4.30. The molecular formula is C18H16F3NO2. The van der Waals surface area contributed by atoms with Crippen LogP contribution in [-0.2, 0) is 18.3 Å². The summed E-state index contributed by atoms with van der Waals surface area (Å²) in [6.07, 6.45) is -2.85. The Morgan fingerprint density at radius 1 is 1.12 bits per heavy atom. The third kappa shape index (κ3) is 3.43. The molecule has 6 heteroatoms. The van der Waals surface area contributed by atoms with Crippen LogP contribution in [0.4, 0.5) is 13.2 Å². The number of hydrogen-bond donors (Lipinski definition) is 2. The van der Waals surface area contributed by atoms with E-state index in [1.807, 2.05) is 0 Å². The molecule has 2 aromatic carbocycles. The summed E-state index contributed by atoms with van der Waals surface area (Å²) in [5.41, 5.74) is 0.486. The summed E-state index contributed by atoms with van der Waals surface area (Å²) in [6, 6.07) is 11.9. The van der Waals surface area contributed by atoms with Gasteiger partial charge in [0.05, 0.1) is 11.1 Å². The van der Waals surface area contributed by atoms with Gasteiger partial charge in [0.2, 0.25) is 0 Å². The van der Waals surface area contributed by atoms with Crippen molar-refractivity contribution < 1.29 is 23.1 Å². The van der Waals surface area contributed by atoms with E-state index in [0.29, 0.717) is 12.1 Å². The van der Waals surface area contributed by atoms with Crippen molar-refractivity contribution in [2.24, 2.45) is 0 Å². The molecule has 2 N–H and O–H groups in total. The molecule has 1 saturated carbocycles. The molecule has 3 rings (SSSR count). The minimum Gasteiger partial charge on any atom is -0.478 e. The lowest BCUT2D eigenvalue weighted by Crippen LogP contribution is -2.28. The SMILES string of the molecule is O=C(O)c1cccc(CNC2(c3cccc(C(F)(F)F)c3)CC2)c1. The summed E-state index contributed by atoms with van der Waals surface area (Å²) in [5.74, 6) is -1.00. The van der Waals surface area contributed by atoms with Crippen molar-refractivity contribution in [3.05, 3.63) is 70.8 Å². The van der Waals surface area contributed by atoms with Crippen molar-refractivity contribution in [1.82, 2.24) is 5.32 Å². The lowest BCUT2D eigenvalue weighted by Gasteiger charge is -2.19. The Labute approximate surface area is 137 Å². The van der Waals surface area contributed by atoms with Gasteiger partial charge in [-0.1, -0.05) is 24.3 Å². The first kappa shape index (κ1) is 16.5. The highest BCUT2D eigenvalue weighted by Gasteiger charge is 2.44. The Morgan fingerprint density at radius 3 is 2.46 bits per heavy atom. The van der Waals surface area contributed by atoms with Crippen LogP contribution in [0.5, 0.6) is 0 Å². The van der Waals surface area contributed by atoms with Crippen molar-refractivity contribution >= 4 is 5.97 Å². The molecule has 3 nitrogen and oxygen atoms in total. The Morgan fingerprint density at radius 2 is 1.83 bits per heavy atom. The maximum atomic E-state index is 12.9. The summed E-state index contributed by atoms with van der Waals surface area (Å²) in [5, 5.41) is 12.3. The Bertz CT molecular complexity index is 767. The topological polar surface area (TPSA) is 49.3 Å². The molecule has 1 aliphatic carbocycles. The molecular weight excluding hydrogens is 319 g/mol. The van der Waals surface area contributed by atoms with Crippen molar-refractivity contribution in [3.63, 3.8) is 0 Å². The molecule has 0 saturated heterocycles. The van der Waals surface area contributed by atoms with E-state index < -0.39 is 23.2 Å². The van der Waals surface area contributed by atoms with Gasteiger partial charge in [0, 0.05) is 12.1 Å². The highest BCUT2D eigenvalue weighted by Crippen LogP contribution is 2.46. The summed E-state index contributed by atoms with van der Waals surface area (Å²) in [6.45, 7) is 0.400. The maximum Gasteiger partial charge on any atom is 0.416 e. The number of rotatable bonds is 5. The number of benzene rings is 2. The van der Waals surface area contributed by atoms with Crippen LogP contribution in [0.2, 0.25) is 0 Å². The van der Waals surface area contributed by atoms with E-state index in [1.165, 1.54) is 18.2 Å². The van der Waals surface area contributed by atoms with E-state index in [1.54, 1.807) is 24.3 Å². The average Bonchev–Trinajstić information content (AvgIpc) is 3.34. The van der Waals surface area contributed by atoms with Crippen LogP contribution in [0.25, 0.3) is 0 Å². The fourth-order valence-corrected chi connectivity index (χ4v) is 2.77. The zero-order valence-corrected chi connectivity index (χ0v) is 12.7. The second-order valence-electron chi connectivity index (χ2n) is 6.02. The van der Waals surface area contributed by atoms with Crippen LogP contribution in [0.1, 0.15) is 39.9 Å². The smallest absolute Gasteiger partial charge is 0.416 e. The van der Waals surface area contributed by atoms with E-state index >= 15 is 0 Å². The van der Waals surface area contributed by atoms with E-state index in [-0.39, 0.29) is 5.56 Å². The Hall–Kier alpha value is -2.34. The largest absolute Gasteiger partial charge is 0.478 e. The van der Waals surface area contributed by atoms with Crippen LogP contribution in [-0.4, -0.2) is 11.1 Å². The molecule has 0 radical (unpaired) electrons. The monoisotopic (exact) mass is 335 g/mol. The zero-order valence-electron chi connectivity index (χ0n) is 12.7. The van der Waals surface area contributed by atoms with E-state index in [9.17, 15) is 18.0 Å². The van der Waals surface area contributed by atoms with E-state index in [0.717, 1.165) is 24.5 Å². The number of aromatic carboxylic acids is 1. The zero-order chi connectivity index (χ0) is 17.4. The first-order valence-corrected chi connectivity index (χ1v) is 7.55. The van der Waals surface area contributed by atoms with Gasteiger partial charge < -0.3 is 10.4 Å². The first-order valence-electron chi connectivity index (χ1n) is 7.55. The number of alkyl halides is 3. The molecule has 0 spiro atoms. The summed E-state index contributed by atoms with van der Waals surface area (Å²) >= 11 is 0. The third-order valence-corrected chi connectivity index (χ3v) is 4.30. The summed E-state index contributed by atoms with van der Waals surface area (Å²) in [4.78, 5) is 11.0. The van der Waals surface area contributed by atoms with Gasteiger partial charge in [-0.05, 0) is 48.2 Å². The molecule has 2 aromatic rings. The summed E-state index contributed by atoms with van der Waals surface area (Å²) < 4.78 is 38.6. The maximum absolute atomic E-state index is 12.9. The van der Waals surface area contributed by atoms with E-state index in [4.69, 9.17) is 5.11 Å². The predicted octanol–water partition coefficient (Wildman–Crippen LogP) is 4.18.